The molecule has 0 heterocycles. The van der Waals surface area contributed by atoms with Gasteiger partial charge in [-0.15, -0.1) is 0 Å². The molecule has 0 aliphatic rings. The molecule has 0 saturated heterocycles. The molecule has 0 aromatic heterocycles. The summed E-state index contributed by atoms with van der Waals surface area (Å²) in [7, 11) is 0. The third kappa shape index (κ3) is 2.58. The van der Waals surface area contributed by atoms with Gasteiger partial charge in [-0.1, -0.05) is 13.0 Å². The lowest BCUT2D eigenvalue weighted by Crippen LogP contribution is -2.06. The maximum Gasteiger partial charge on any atom is 0.221 e. The van der Waals surface area contributed by atoms with Crippen molar-refractivity contribution in [2.45, 2.75) is 27.2 Å². The van der Waals surface area contributed by atoms with Crippen molar-refractivity contribution in [3.63, 3.8) is 0 Å². The van der Waals surface area contributed by atoms with Gasteiger partial charge in [0.05, 0.1) is 0 Å². The predicted octanol–water partition coefficient (Wildman–Crippen LogP) is 2.52. The molecule has 13 heavy (non-hydrogen) atoms. The average molecular weight is 177 g/mol. The molecule has 0 aliphatic carbocycles. The molecule has 1 rings (SSSR count). The number of aryl methyl sites for hydroxylation is 2. The quantitative estimate of drug-likeness (QED) is 0.739. The Balaban J connectivity index is 2.92. The van der Waals surface area contributed by atoms with E-state index in [0.29, 0.717) is 0 Å². The first kappa shape index (κ1) is 9.78. The predicted molar refractivity (Wildman–Crippen MR) is 54.9 cm³/mol. The second kappa shape index (κ2) is 4.08. The molecule has 0 unspecified atom stereocenters. The third-order valence-electron chi connectivity index (χ3n) is 2.05. The molecular weight excluding hydrogens is 162 g/mol. The van der Waals surface area contributed by atoms with Crippen molar-refractivity contribution in [1.29, 1.82) is 0 Å². The summed E-state index contributed by atoms with van der Waals surface area (Å²) >= 11 is 0. The fourth-order valence-electron chi connectivity index (χ4n) is 1.33. The minimum atomic E-state index is -0.0223. The second-order valence-corrected chi connectivity index (χ2v) is 3.18. The van der Waals surface area contributed by atoms with Crippen molar-refractivity contribution in [1.82, 2.24) is 0 Å². The van der Waals surface area contributed by atoms with E-state index in [0.717, 1.165) is 12.1 Å². The molecule has 2 nitrogen and oxygen atoms in total. The standard InChI is InChI=1S/C11H15NO/c1-4-10-7-11(12-9(3)13)6-5-8(10)2/h5-7H,4H2,1-3H3,(H,12,13). The number of hydrogen-bond acceptors (Lipinski definition) is 1. The summed E-state index contributed by atoms with van der Waals surface area (Å²) in [6.45, 7) is 5.71. The van der Waals surface area contributed by atoms with Crippen molar-refractivity contribution in [2.24, 2.45) is 0 Å². The van der Waals surface area contributed by atoms with Crippen LogP contribution in [0.3, 0.4) is 0 Å². The van der Waals surface area contributed by atoms with Gasteiger partial charge in [-0.25, -0.2) is 0 Å². The van der Waals surface area contributed by atoms with Crippen LogP contribution in [-0.2, 0) is 11.2 Å². The van der Waals surface area contributed by atoms with Gasteiger partial charge < -0.3 is 5.32 Å². The molecule has 0 radical (unpaired) electrons. The van der Waals surface area contributed by atoms with Crippen LogP contribution >= 0.6 is 0 Å². The summed E-state index contributed by atoms with van der Waals surface area (Å²) in [5.74, 6) is -0.0223. The lowest BCUT2D eigenvalue weighted by molar-refractivity contribution is -0.114. The lowest BCUT2D eigenvalue weighted by atomic mass is 10.1. The van der Waals surface area contributed by atoms with Gasteiger partial charge in [0.1, 0.15) is 0 Å². The first-order valence-corrected chi connectivity index (χ1v) is 4.50. The van der Waals surface area contributed by atoms with Crippen LogP contribution in [0.1, 0.15) is 25.0 Å². The number of carbonyl (C=O) groups is 1. The first-order chi connectivity index (χ1) is 6.13. The van der Waals surface area contributed by atoms with E-state index < -0.39 is 0 Å². The number of hydrogen-bond donors (Lipinski definition) is 1. The summed E-state index contributed by atoms with van der Waals surface area (Å²) < 4.78 is 0. The van der Waals surface area contributed by atoms with Crippen LogP contribution in [0.25, 0.3) is 0 Å². The number of anilines is 1. The van der Waals surface area contributed by atoms with Crippen molar-refractivity contribution in [3.8, 4) is 0 Å². The molecule has 2 heteroatoms. The van der Waals surface area contributed by atoms with Crippen molar-refractivity contribution >= 4 is 11.6 Å². The SMILES string of the molecule is CCc1cc(NC(C)=O)ccc1C. The van der Waals surface area contributed by atoms with Crippen molar-refractivity contribution in [3.05, 3.63) is 29.3 Å². The zero-order valence-electron chi connectivity index (χ0n) is 8.35. The van der Waals surface area contributed by atoms with Gasteiger partial charge >= 0.3 is 0 Å². The highest BCUT2D eigenvalue weighted by Crippen LogP contribution is 2.15. The molecule has 0 aliphatic heterocycles. The molecule has 1 N–H and O–H groups in total. The Bertz CT molecular complexity index is 318. The van der Waals surface area contributed by atoms with Crippen molar-refractivity contribution < 1.29 is 4.79 Å². The summed E-state index contributed by atoms with van der Waals surface area (Å²) in [5.41, 5.74) is 3.44. The third-order valence-corrected chi connectivity index (χ3v) is 2.05. The molecule has 0 fully saturated rings. The molecule has 0 saturated carbocycles. The Morgan fingerprint density at radius 3 is 2.69 bits per heavy atom. The summed E-state index contributed by atoms with van der Waals surface area (Å²) in [4.78, 5) is 10.8. The van der Waals surface area contributed by atoms with Crippen LogP contribution in [0, 0.1) is 6.92 Å². The van der Waals surface area contributed by atoms with Crippen LogP contribution in [0.5, 0.6) is 0 Å². The van der Waals surface area contributed by atoms with Gasteiger partial charge in [-0.3, -0.25) is 4.79 Å². The lowest BCUT2D eigenvalue weighted by Gasteiger charge is -2.06. The van der Waals surface area contributed by atoms with Gasteiger partial charge in [0.15, 0.2) is 0 Å². The fraction of sp³-hybridized carbons (Fsp3) is 0.364. The van der Waals surface area contributed by atoms with E-state index in [1.165, 1.54) is 18.1 Å². The Labute approximate surface area is 79.0 Å². The summed E-state index contributed by atoms with van der Waals surface area (Å²) in [6.07, 6.45) is 0.999. The van der Waals surface area contributed by atoms with Gasteiger partial charge in [0.2, 0.25) is 5.91 Å². The highest BCUT2D eigenvalue weighted by molar-refractivity contribution is 5.88. The van der Waals surface area contributed by atoms with Gasteiger partial charge in [0, 0.05) is 12.6 Å². The van der Waals surface area contributed by atoms with E-state index in [2.05, 4.69) is 19.2 Å². The smallest absolute Gasteiger partial charge is 0.221 e. The number of rotatable bonds is 2. The van der Waals surface area contributed by atoms with Gasteiger partial charge in [-0.05, 0) is 36.6 Å². The van der Waals surface area contributed by atoms with Crippen LogP contribution in [0.2, 0.25) is 0 Å². The number of carbonyl (C=O) groups excluding carboxylic acids is 1. The maximum absolute atomic E-state index is 10.8. The van der Waals surface area contributed by atoms with E-state index in [-0.39, 0.29) is 5.91 Å². The topological polar surface area (TPSA) is 29.1 Å². The van der Waals surface area contributed by atoms with Crippen LogP contribution in [0.15, 0.2) is 18.2 Å². The van der Waals surface area contributed by atoms with Gasteiger partial charge in [-0.2, -0.15) is 0 Å². The second-order valence-electron chi connectivity index (χ2n) is 3.18. The largest absolute Gasteiger partial charge is 0.326 e. The molecular formula is C11H15NO. The summed E-state index contributed by atoms with van der Waals surface area (Å²) in [6, 6.07) is 5.98. The minimum Gasteiger partial charge on any atom is -0.326 e. The zero-order valence-corrected chi connectivity index (χ0v) is 8.35. The number of benzene rings is 1. The molecule has 1 amide bonds. The molecule has 0 bridgehead atoms. The van der Waals surface area contributed by atoms with E-state index >= 15 is 0 Å². The Hall–Kier alpha value is -1.31. The maximum atomic E-state index is 10.8. The van der Waals surface area contributed by atoms with Crippen LogP contribution in [-0.4, -0.2) is 5.91 Å². The zero-order chi connectivity index (χ0) is 9.84. The number of amides is 1. The molecule has 70 valence electrons. The molecule has 0 spiro atoms. The fourth-order valence-corrected chi connectivity index (χ4v) is 1.33. The van der Waals surface area contributed by atoms with Crippen LogP contribution in [0.4, 0.5) is 5.69 Å². The Kier molecular flexibility index (Phi) is 3.07. The summed E-state index contributed by atoms with van der Waals surface area (Å²) in [5, 5.41) is 2.77. The highest BCUT2D eigenvalue weighted by Gasteiger charge is 1.99. The Morgan fingerprint density at radius 1 is 1.46 bits per heavy atom. The normalized spacial score (nSPS) is 9.77. The highest BCUT2D eigenvalue weighted by atomic mass is 16.1. The van der Waals surface area contributed by atoms with E-state index in [9.17, 15) is 4.79 Å². The van der Waals surface area contributed by atoms with E-state index in [1.807, 2.05) is 18.2 Å². The number of nitrogens with one attached hydrogen (secondary N) is 1. The van der Waals surface area contributed by atoms with Crippen molar-refractivity contribution in [2.75, 3.05) is 5.32 Å². The monoisotopic (exact) mass is 177 g/mol. The average Bonchev–Trinajstić information content (AvgIpc) is 2.07. The van der Waals surface area contributed by atoms with E-state index in [1.54, 1.807) is 0 Å². The van der Waals surface area contributed by atoms with Crippen LogP contribution < -0.4 is 5.32 Å². The molecule has 1 aromatic rings. The minimum absolute atomic E-state index is 0.0223. The van der Waals surface area contributed by atoms with E-state index in [4.69, 9.17) is 0 Å². The first-order valence-electron chi connectivity index (χ1n) is 4.50. The van der Waals surface area contributed by atoms with Gasteiger partial charge in [0.25, 0.3) is 0 Å². The molecule has 0 atom stereocenters. The molecule has 1 aromatic carbocycles. The Morgan fingerprint density at radius 2 is 2.15 bits per heavy atom.